The molecule has 2 fully saturated rings. The summed E-state index contributed by atoms with van der Waals surface area (Å²) < 4.78 is 20.8. The number of rotatable bonds is 4. The van der Waals surface area contributed by atoms with Crippen molar-refractivity contribution < 1.29 is 13.9 Å². The molecule has 4 rings (SSSR count). The van der Waals surface area contributed by atoms with E-state index in [1.54, 1.807) is 12.1 Å². The van der Waals surface area contributed by atoms with Crippen LogP contribution in [-0.2, 0) is 0 Å². The number of benzene rings is 1. The van der Waals surface area contributed by atoms with Crippen LogP contribution in [0.2, 0.25) is 0 Å². The van der Waals surface area contributed by atoms with Gasteiger partial charge in [-0.25, -0.2) is 9.07 Å². The summed E-state index contributed by atoms with van der Waals surface area (Å²) in [6.45, 7) is 5.10. The Kier molecular flexibility index (Phi) is 5.57. The highest BCUT2D eigenvalue weighted by atomic mass is 19.1. The molecule has 1 N–H and O–H groups in total. The normalized spacial score (nSPS) is 19.0. The maximum absolute atomic E-state index is 13.0. The summed E-state index contributed by atoms with van der Waals surface area (Å²) in [6, 6.07) is 6.36. The first-order valence-electron chi connectivity index (χ1n) is 9.96. The molecule has 8 heteroatoms. The number of nitrogens with one attached hydrogen (secondary N) is 1. The van der Waals surface area contributed by atoms with Gasteiger partial charge in [0, 0.05) is 25.9 Å². The topological polar surface area (TPSA) is 72.3 Å². The Hall–Kier alpha value is -2.48. The first-order valence-corrected chi connectivity index (χ1v) is 9.96. The van der Waals surface area contributed by atoms with E-state index in [0.29, 0.717) is 30.6 Å². The third-order valence-electron chi connectivity index (χ3n) is 5.63. The van der Waals surface area contributed by atoms with Gasteiger partial charge in [0.2, 0.25) is 0 Å². The maximum atomic E-state index is 13.0. The van der Waals surface area contributed by atoms with E-state index in [9.17, 15) is 9.18 Å². The number of aromatic nitrogens is 3. The molecule has 2 saturated heterocycles. The van der Waals surface area contributed by atoms with Gasteiger partial charge in [-0.2, -0.15) is 0 Å². The summed E-state index contributed by atoms with van der Waals surface area (Å²) >= 11 is 0. The van der Waals surface area contributed by atoms with Crippen molar-refractivity contribution in [2.45, 2.75) is 44.8 Å². The molecular weight excluding hydrogens is 361 g/mol. The van der Waals surface area contributed by atoms with E-state index in [1.165, 1.54) is 12.1 Å². The minimum atomic E-state index is -0.277. The van der Waals surface area contributed by atoms with Crippen molar-refractivity contribution >= 4 is 5.91 Å². The van der Waals surface area contributed by atoms with Crippen LogP contribution >= 0.6 is 0 Å². The van der Waals surface area contributed by atoms with Crippen LogP contribution in [0.1, 0.15) is 47.9 Å². The van der Waals surface area contributed by atoms with E-state index in [0.717, 1.165) is 44.5 Å². The summed E-state index contributed by atoms with van der Waals surface area (Å²) in [7, 11) is 0. The zero-order chi connectivity index (χ0) is 19.5. The van der Waals surface area contributed by atoms with Crippen LogP contribution in [0.4, 0.5) is 4.39 Å². The van der Waals surface area contributed by atoms with Gasteiger partial charge < -0.3 is 15.0 Å². The molecule has 0 spiro atoms. The molecule has 0 aliphatic carbocycles. The molecule has 0 saturated carbocycles. The minimum Gasteiger partial charge on any atom is -0.490 e. The van der Waals surface area contributed by atoms with Crippen LogP contribution in [0.25, 0.3) is 0 Å². The molecule has 3 heterocycles. The van der Waals surface area contributed by atoms with Crippen molar-refractivity contribution in [3.63, 3.8) is 0 Å². The third kappa shape index (κ3) is 4.01. The largest absolute Gasteiger partial charge is 0.490 e. The number of hydrogen-bond acceptors (Lipinski definition) is 5. The van der Waals surface area contributed by atoms with Gasteiger partial charge in [-0.05, 0) is 57.1 Å². The summed E-state index contributed by atoms with van der Waals surface area (Å²) in [5.74, 6) is 0.325. The second kappa shape index (κ2) is 8.26. The van der Waals surface area contributed by atoms with Gasteiger partial charge >= 0.3 is 0 Å². The summed E-state index contributed by atoms with van der Waals surface area (Å²) in [5.41, 5.74) is 1.30. The number of carbonyl (C=O) groups is 1. The molecule has 2 aromatic rings. The monoisotopic (exact) mass is 387 g/mol. The number of piperidine rings is 2. The fourth-order valence-electron chi connectivity index (χ4n) is 3.97. The Morgan fingerprint density at radius 1 is 1.14 bits per heavy atom. The Morgan fingerprint density at radius 2 is 1.82 bits per heavy atom. The fourth-order valence-corrected chi connectivity index (χ4v) is 3.97. The van der Waals surface area contributed by atoms with E-state index < -0.39 is 0 Å². The summed E-state index contributed by atoms with van der Waals surface area (Å²) in [4.78, 5) is 14.8. The molecule has 7 nitrogen and oxygen atoms in total. The van der Waals surface area contributed by atoms with Crippen molar-refractivity contribution in [3.8, 4) is 5.75 Å². The van der Waals surface area contributed by atoms with Gasteiger partial charge in [0.15, 0.2) is 5.69 Å². The van der Waals surface area contributed by atoms with Crippen LogP contribution < -0.4 is 10.1 Å². The van der Waals surface area contributed by atoms with E-state index >= 15 is 0 Å². The van der Waals surface area contributed by atoms with Crippen LogP contribution in [0, 0.1) is 12.7 Å². The molecule has 150 valence electrons. The predicted octanol–water partition coefficient (Wildman–Crippen LogP) is 2.33. The average Bonchev–Trinajstić information content (AvgIpc) is 3.12. The number of hydrogen-bond donors (Lipinski definition) is 1. The molecule has 0 atom stereocenters. The Balaban J connectivity index is 1.35. The second-order valence-electron chi connectivity index (χ2n) is 7.51. The molecule has 1 aromatic carbocycles. The van der Waals surface area contributed by atoms with E-state index in [-0.39, 0.29) is 17.8 Å². The highest BCUT2D eigenvalue weighted by Gasteiger charge is 2.29. The van der Waals surface area contributed by atoms with E-state index in [4.69, 9.17) is 4.74 Å². The SMILES string of the molecule is Cc1c(C(=O)N2CCC(Oc3ccc(F)cc3)CC2)nnn1C1CCNCC1. The van der Waals surface area contributed by atoms with Crippen LogP contribution in [0.15, 0.2) is 24.3 Å². The van der Waals surface area contributed by atoms with Crippen molar-refractivity contribution in [3.05, 3.63) is 41.5 Å². The molecule has 1 aromatic heterocycles. The second-order valence-corrected chi connectivity index (χ2v) is 7.51. The Bertz CT molecular complexity index is 809. The molecule has 0 radical (unpaired) electrons. The quantitative estimate of drug-likeness (QED) is 0.872. The van der Waals surface area contributed by atoms with E-state index in [1.807, 2.05) is 16.5 Å². The van der Waals surface area contributed by atoms with Gasteiger partial charge in [-0.1, -0.05) is 5.21 Å². The van der Waals surface area contributed by atoms with E-state index in [2.05, 4.69) is 15.6 Å². The fraction of sp³-hybridized carbons (Fsp3) is 0.550. The first kappa shape index (κ1) is 18.9. The number of ether oxygens (including phenoxy) is 1. The number of amides is 1. The van der Waals surface area contributed by atoms with Crippen LogP contribution in [0.3, 0.4) is 0 Å². The highest BCUT2D eigenvalue weighted by Crippen LogP contribution is 2.23. The smallest absolute Gasteiger partial charge is 0.276 e. The lowest BCUT2D eigenvalue weighted by Crippen LogP contribution is -2.42. The van der Waals surface area contributed by atoms with Gasteiger partial charge in [-0.3, -0.25) is 4.79 Å². The van der Waals surface area contributed by atoms with Crippen LogP contribution in [0.5, 0.6) is 5.75 Å². The van der Waals surface area contributed by atoms with Gasteiger partial charge in [0.1, 0.15) is 17.7 Å². The Labute approximate surface area is 163 Å². The lowest BCUT2D eigenvalue weighted by molar-refractivity contribution is 0.0589. The number of likely N-dealkylation sites (tertiary alicyclic amines) is 1. The molecule has 0 bridgehead atoms. The van der Waals surface area contributed by atoms with Crippen molar-refractivity contribution in [1.82, 2.24) is 25.2 Å². The van der Waals surface area contributed by atoms with Crippen molar-refractivity contribution in [2.75, 3.05) is 26.2 Å². The zero-order valence-corrected chi connectivity index (χ0v) is 16.1. The first-order chi connectivity index (χ1) is 13.6. The molecule has 0 unspecified atom stereocenters. The summed E-state index contributed by atoms with van der Waals surface area (Å²) in [6.07, 6.45) is 3.52. The minimum absolute atomic E-state index is 0.0287. The lowest BCUT2D eigenvalue weighted by Gasteiger charge is -2.32. The molecular formula is C20H26FN5O2. The third-order valence-corrected chi connectivity index (χ3v) is 5.63. The molecule has 1 amide bonds. The zero-order valence-electron chi connectivity index (χ0n) is 16.1. The van der Waals surface area contributed by atoms with Gasteiger partial charge in [0.05, 0.1) is 11.7 Å². The molecule has 2 aliphatic heterocycles. The standard InChI is InChI=1S/C20H26FN5O2/c1-14-19(23-24-26(14)16-6-10-22-11-7-16)20(27)25-12-8-18(9-13-25)28-17-4-2-15(21)3-5-17/h2-5,16,18,22H,6-13H2,1H3. The number of nitrogens with zero attached hydrogens (tertiary/aromatic N) is 4. The number of halogens is 1. The molecule has 28 heavy (non-hydrogen) atoms. The predicted molar refractivity (Wildman–Crippen MR) is 102 cm³/mol. The average molecular weight is 387 g/mol. The van der Waals surface area contributed by atoms with Crippen LogP contribution in [-0.4, -0.2) is 58.1 Å². The van der Waals surface area contributed by atoms with Gasteiger partial charge in [-0.15, -0.1) is 5.10 Å². The maximum Gasteiger partial charge on any atom is 0.276 e. The summed E-state index contributed by atoms with van der Waals surface area (Å²) in [5, 5.41) is 11.8. The van der Waals surface area contributed by atoms with Crippen molar-refractivity contribution in [1.29, 1.82) is 0 Å². The molecule has 2 aliphatic rings. The van der Waals surface area contributed by atoms with Crippen molar-refractivity contribution in [2.24, 2.45) is 0 Å². The number of carbonyl (C=O) groups excluding carboxylic acids is 1. The Morgan fingerprint density at radius 3 is 2.50 bits per heavy atom. The highest BCUT2D eigenvalue weighted by molar-refractivity contribution is 5.93. The van der Waals surface area contributed by atoms with Gasteiger partial charge in [0.25, 0.3) is 5.91 Å². The lowest BCUT2D eigenvalue weighted by atomic mass is 10.1.